The van der Waals surface area contributed by atoms with Gasteiger partial charge in [-0.05, 0) is 36.6 Å². The van der Waals surface area contributed by atoms with Crippen molar-refractivity contribution in [2.45, 2.75) is 25.3 Å². The maximum absolute atomic E-state index is 4.54. The molecule has 0 bridgehead atoms. The van der Waals surface area contributed by atoms with Gasteiger partial charge in [0.25, 0.3) is 0 Å². The molecule has 1 fully saturated rings. The lowest BCUT2D eigenvalue weighted by Gasteiger charge is -2.07. The number of nitrogens with zero attached hydrogens (tertiary/aromatic N) is 2. The van der Waals surface area contributed by atoms with Crippen LogP contribution in [0.3, 0.4) is 0 Å². The van der Waals surface area contributed by atoms with Gasteiger partial charge < -0.3 is 5.32 Å². The van der Waals surface area contributed by atoms with Gasteiger partial charge >= 0.3 is 0 Å². The molecule has 18 heavy (non-hydrogen) atoms. The van der Waals surface area contributed by atoms with E-state index in [0.717, 1.165) is 22.7 Å². The zero-order valence-corrected chi connectivity index (χ0v) is 11.5. The molecule has 0 amide bonds. The van der Waals surface area contributed by atoms with E-state index in [1.54, 1.807) is 0 Å². The summed E-state index contributed by atoms with van der Waals surface area (Å²) in [5.41, 5.74) is 1.23. The van der Waals surface area contributed by atoms with Crippen molar-refractivity contribution in [3.05, 3.63) is 52.4 Å². The third kappa shape index (κ3) is 2.88. The highest BCUT2D eigenvalue weighted by Crippen LogP contribution is 2.38. The summed E-state index contributed by atoms with van der Waals surface area (Å²) in [5, 5.41) is 3.34. The van der Waals surface area contributed by atoms with Gasteiger partial charge in [-0.3, -0.25) is 0 Å². The topological polar surface area (TPSA) is 37.8 Å². The molecular formula is C14H14BrN3. The van der Waals surface area contributed by atoms with E-state index < -0.39 is 0 Å². The minimum Gasteiger partial charge on any atom is -0.366 e. The Hall–Kier alpha value is -1.42. The molecule has 1 aliphatic rings. The third-order valence-electron chi connectivity index (χ3n) is 2.98. The van der Waals surface area contributed by atoms with Gasteiger partial charge in [-0.2, -0.15) is 0 Å². The molecule has 0 aliphatic heterocycles. The first-order chi connectivity index (χ1) is 8.81. The molecule has 2 aromatic rings. The van der Waals surface area contributed by atoms with Crippen LogP contribution in [-0.2, 0) is 6.54 Å². The first-order valence-corrected chi connectivity index (χ1v) is 6.92. The highest BCUT2D eigenvalue weighted by molar-refractivity contribution is 9.10. The smallest absolute Gasteiger partial charge is 0.133 e. The van der Waals surface area contributed by atoms with Gasteiger partial charge in [-0.25, -0.2) is 9.97 Å². The summed E-state index contributed by atoms with van der Waals surface area (Å²) in [6, 6.07) is 10.2. The Balaban J connectivity index is 1.67. The molecule has 1 heterocycles. The monoisotopic (exact) mass is 303 g/mol. The average molecular weight is 304 g/mol. The first kappa shape index (κ1) is 11.7. The van der Waals surface area contributed by atoms with Crippen molar-refractivity contribution in [1.29, 1.82) is 0 Å². The maximum Gasteiger partial charge on any atom is 0.133 e. The van der Waals surface area contributed by atoms with Crippen LogP contribution in [0.2, 0.25) is 0 Å². The lowest BCUT2D eigenvalue weighted by molar-refractivity contribution is 0.921. The highest BCUT2D eigenvalue weighted by atomic mass is 79.9. The summed E-state index contributed by atoms with van der Waals surface area (Å²) in [6.45, 7) is 0.778. The van der Waals surface area contributed by atoms with Crippen molar-refractivity contribution in [3.63, 3.8) is 0 Å². The first-order valence-electron chi connectivity index (χ1n) is 6.12. The Bertz CT molecular complexity index is 552. The minimum atomic E-state index is 0.595. The Morgan fingerprint density at radius 2 is 2.17 bits per heavy atom. The predicted molar refractivity (Wildman–Crippen MR) is 75.5 cm³/mol. The highest BCUT2D eigenvalue weighted by Gasteiger charge is 2.26. The van der Waals surface area contributed by atoms with Crippen LogP contribution < -0.4 is 5.32 Å². The lowest BCUT2D eigenvalue weighted by Crippen LogP contribution is -2.03. The average Bonchev–Trinajstić information content (AvgIpc) is 3.21. The molecule has 1 aromatic heterocycles. The van der Waals surface area contributed by atoms with Crippen LogP contribution in [0.4, 0.5) is 5.82 Å². The Kier molecular flexibility index (Phi) is 3.28. The van der Waals surface area contributed by atoms with Gasteiger partial charge in [0, 0.05) is 23.1 Å². The fourth-order valence-electron chi connectivity index (χ4n) is 1.85. The standard InChI is InChI=1S/C14H14BrN3/c15-12-3-1-2-10(8-12)9-17-13-6-7-16-14(18-13)11-4-5-11/h1-3,6-8,11H,4-5,9H2,(H,16,17,18). The van der Waals surface area contributed by atoms with E-state index in [1.165, 1.54) is 18.4 Å². The molecule has 1 N–H and O–H groups in total. The Morgan fingerprint density at radius 1 is 1.28 bits per heavy atom. The number of rotatable bonds is 4. The number of hydrogen-bond donors (Lipinski definition) is 1. The van der Waals surface area contributed by atoms with Crippen molar-refractivity contribution < 1.29 is 0 Å². The zero-order chi connectivity index (χ0) is 12.4. The summed E-state index contributed by atoms with van der Waals surface area (Å²) in [7, 11) is 0. The Labute approximate surface area is 115 Å². The largest absolute Gasteiger partial charge is 0.366 e. The Morgan fingerprint density at radius 3 is 2.94 bits per heavy atom. The molecule has 3 rings (SSSR count). The van der Waals surface area contributed by atoms with E-state index in [-0.39, 0.29) is 0 Å². The molecule has 3 nitrogen and oxygen atoms in total. The molecule has 0 saturated heterocycles. The lowest BCUT2D eigenvalue weighted by atomic mass is 10.2. The SMILES string of the molecule is Brc1cccc(CNc2ccnc(C3CC3)n2)c1. The molecule has 0 spiro atoms. The van der Waals surface area contributed by atoms with Crippen LogP contribution in [0.1, 0.15) is 30.1 Å². The zero-order valence-electron chi connectivity index (χ0n) is 9.94. The van der Waals surface area contributed by atoms with Crippen molar-refractivity contribution in [1.82, 2.24) is 9.97 Å². The van der Waals surface area contributed by atoms with Crippen molar-refractivity contribution in [2.75, 3.05) is 5.32 Å². The normalized spacial score (nSPS) is 14.5. The van der Waals surface area contributed by atoms with Crippen molar-refractivity contribution in [2.24, 2.45) is 0 Å². The fraction of sp³-hybridized carbons (Fsp3) is 0.286. The molecule has 92 valence electrons. The number of halogens is 1. The summed E-state index contributed by atoms with van der Waals surface area (Å²) >= 11 is 3.47. The quantitative estimate of drug-likeness (QED) is 0.935. The van der Waals surface area contributed by atoms with E-state index >= 15 is 0 Å². The van der Waals surface area contributed by atoms with Crippen LogP contribution in [0, 0.1) is 0 Å². The van der Waals surface area contributed by atoms with Crippen LogP contribution in [0.25, 0.3) is 0 Å². The van der Waals surface area contributed by atoms with Crippen molar-refractivity contribution >= 4 is 21.7 Å². The van der Waals surface area contributed by atoms with Crippen LogP contribution in [-0.4, -0.2) is 9.97 Å². The van der Waals surface area contributed by atoms with Gasteiger partial charge in [-0.1, -0.05) is 28.1 Å². The third-order valence-corrected chi connectivity index (χ3v) is 3.47. The molecule has 1 aromatic carbocycles. The van der Waals surface area contributed by atoms with Gasteiger partial charge in [0.2, 0.25) is 0 Å². The molecular weight excluding hydrogens is 290 g/mol. The number of hydrogen-bond acceptors (Lipinski definition) is 3. The van der Waals surface area contributed by atoms with E-state index in [4.69, 9.17) is 0 Å². The molecule has 4 heteroatoms. The second-order valence-electron chi connectivity index (χ2n) is 4.56. The second kappa shape index (κ2) is 5.06. The maximum atomic E-state index is 4.54. The fourth-order valence-corrected chi connectivity index (χ4v) is 2.30. The summed E-state index contributed by atoms with van der Waals surface area (Å²) in [4.78, 5) is 8.85. The van der Waals surface area contributed by atoms with Crippen LogP contribution in [0.15, 0.2) is 41.0 Å². The number of benzene rings is 1. The van der Waals surface area contributed by atoms with E-state index in [9.17, 15) is 0 Å². The van der Waals surface area contributed by atoms with E-state index in [0.29, 0.717) is 5.92 Å². The second-order valence-corrected chi connectivity index (χ2v) is 5.47. The molecule has 1 saturated carbocycles. The molecule has 0 radical (unpaired) electrons. The molecule has 0 atom stereocenters. The van der Waals surface area contributed by atoms with Gasteiger partial charge in [0.1, 0.15) is 11.6 Å². The van der Waals surface area contributed by atoms with Gasteiger partial charge in [-0.15, -0.1) is 0 Å². The molecule has 1 aliphatic carbocycles. The number of aromatic nitrogens is 2. The molecule has 0 unspecified atom stereocenters. The van der Waals surface area contributed by atoms with Crippen molar-refractivity contribution in [3.8, 4) is 0 Å². The van der Waals surface area contributed by atoms with Crippen LogP contribution in [0.5, 0.6) is 0 Å². The van der Waals surface area contributed by atoms with E-state index in [1.807, 2.05) is 24.4 Å². The summed E-state index contributed by atoms with van der Waals surface area (Å²) in [6.07, 6.45) is 4.30. The van der Waals surface area contributed by atoms with E-state index in [2.05, 4.69) is 43.3 Å². The predicted octanol–water partition coefficient (Wildman–Crippen LogP) is 3.73. The number of anilines is 1. The van der Waals surface area contributed by atoms with Gasteiger partial charge in [0.15, 0.2) is 0 Å². The summed E-state index contributed by atoms with van der Waals surface area (Å²) in [5.74, 6) is 2.48. The van der Waals surface area contributed by atoms with Crippen LogP contribution >= 0.6 is 15.9 Å². The minimum absolute atomic E-state index is 0.595. The summed E-state index contributed by atoms with van der Waals surface area (Å²) < 4.78 is 1.10. The van der Waals surface area contributed by atoms with Gasteiger partial charge in [0.05, 0.1) is 0 Å². The number of nitrogens with one attached hydrogen (secondary N) is 1.